The molecule has 130 valence electrons. The topological polar surface area (TPSA) is 42.0 Å². The van der Waals surface area contributed by atoms with Crippen molar-refractivity contribution in [2.45, 2.75) is 19.1 Å². The maximum Gasteiger partial charge on any atom is 0.412 e. The lowest BCUT2D eigenvalue weighted by Crippen LogP contribution is -2.38. The van der Waals surface area contributed by atoms with Gasteiger partial charge in [-0.3, -0.25) is 4.79 Å². The van der Waals surface area contributed by atoms with Gasteiger partial charge in [-0.15, -0.1) is 22.7 Å². The van der Waals surface area contributed by atoms with Gasteiger partial charge in [0.2, 0.25) is 0 Å². The van der Waals surface area contributed by atoms with Gasteiger partial charge in [-0.05, 0) is 23.9 Å². The number of nitrogens with zero attached hydrogens (tertiary/aromatic N) is 1. The van der Waals surface area contributed by atoms with E-state index in [-0.39, 0.29) is 10.4 Å². The summed E-state index contributed by atoms with van der Waals surface area (Å²) in [7, 11) is 0. The minimum absolute atomic E-state index is 0.0102. The van der Waals surface area contributed by atoms with Crippen molar-refractivity contribution in [1.82, 2.24) is 10.3 Å². The van der Waals surface area contributed by atoms with Gasteiger partial charge >= 0.3 is 6.18 Å². The molecule has 0 radical (unpaired) electrons. The predicted molar refractivity (Wildman–Crippen MR) is 92.9 cm³/mol. The number of halogens is 3. The molecule has 8 heteroatoms. The molecule has 0 aliphatic carbocycles. The second-order valence-electron chi connectivity index (χ2n) is 5.27. The number of thiazole rings is 1. The van der Waals surface area contributed by atoms with E-state index in [0.29, 0.717) is 10.7 Å². The molecule has 0 saturated heterocycles. The van der Waals surface area contributed by atoms with E-state index in [4.69, 9.17) is 0 Å². The van der Waals surface area contributed by atoms with Gasteiger partial charge in [-0.2, -0.15) is 13.2 Å². The molecular formula is C17H13F3N2OS2. The Hall–Kier alpha value is -2.19. The van der Waals surface area contributed by atoms with Crippen LogP contribution in [0.5, 0.6) is 0 Å². The van der Waals surface area contributed by atoms with E-state index in [1.807, 2.05) is 17.5 Å². The summed E-state index contributed by atoms with van der Waals surface area (Å²) >= 11 is 2.55. The van der Waals surface area contributed by atoms with E-state index in [1.165, 1.54) is 35.6 Å². The average Bonchev–Trinajstić information content (AvgIpc) is 3.21. The average molecular weight is 382 g/mol. The van der Waals surface area contributed by atoms with Gasteiger partial charge in [0, 0.05) is 0 Å². The van der Waals surface area contributed by atoms with Crippen molar-refractivity contribution in [3.8, 4) is 9.88 Å². The maximum absolute atomic E-state index is 13.4. The molecule has 25 heavy (non-hydrogen) atoms. The smallest absolute Gasteiger partial charge is 0.336 e. The van der Waals surface area contributed by atoms with Crippen LogP contribution in [0.15, 0.2) is 47.8 Å². The fourth-order valence-electron chi connectivity index (χ4n) is 2.31. The molecule has 3 nitrogen and oxygen atoms in total. The first-order chi connectivity index (χ1) is 11.9. The fourth-order valence-corrected chi connectivity index (χ4v) is 4.08. The molecule has 3 aromatic rings. The molecule has 0 spiro atoms. The van der Waals surface area contributed by atoms with Gasteiger partial charge in [-0.25, -0.2) is 4.98 Å². The lowest BCUT2D eigenvalue weighted by molar-refractivity contribution is -0.155. The predicted octanol–water partition coefficient (Wildman–Crippen LogP) is 5.21. The summed E-state index contributed by atoms with van der Waals surface area (Å²) in [5.41, 5.74) is 0.406. The summed E-state index contributed by atoms with van der Waals surface area (Å²) in [5.74, 6) is -0.774. The SMILES string of the molecule is Cc1nc(-c2cccs2)sc1C(=O)NC(c1ccccc1)C(F)(F)F. The Bertz CT molecular complexity index is 858. The number of alkyl halides is 3. The highest BCUT2D eigenvalue weighted by Crippen LogP contribution is 2.35. The molecule has 0 bridgehead atoms. The van der Waals surface area contributed by atoms with Crippen LogP contribution >= 0.6 is 22.7 Å². The zero-order valence-corrected chi connectivity index (χ0v) is 14.6. The van der Waals surface area contributed by atoms with E-state index < -0.39 is 18.1 Å². The van der Waals surface area contributed by atoms with E-state index >= 15 is 0 Å². The first-order valence-electron chi connectivity index (χ1n) is 7.30. The zero-order valence-electron chi connectivity index (χ0n) is 13.0. The highest BCUT2D eigenvalue weighted by molar-refractivity contribution is 7.22. The number of carbonyl (C=O) groups is 1. The van der Waals surface area contributed by atoms with Gasteiger partial charge in [0.25, 0.3) is 5.91 Å². The fraction of sp³-hybridized carbons (Fsp3) is 0.176. The minimum atomic E-state index is -4.59. The van der Waals surface area contributed by atoms with Crippen molar-refractivity contribution in [3.05, 3.63) is 64.0 Å². The molecule has 0 aliphatic heterocycles. The molecule has 0 saturated carbocycles. The lowest BCUT2D eigenvalue weighted by Gasteiger charge is -2.21. The third-order valence-electron chi connectivity index (χ3n) is 3.47. The first-order valence-corrected chi connectivity index (χ1v) is 8.99. The summed E-state index contributed by atoms with van der Waals surface area (Å²) < 4.78 is 40.2. The molecule has 1 unspecified atom stereocenters. The number of amides is 1. The molecular weight excluding hydrogens is 369 g/mol. The molecule has 1 amide bonds. The highest BCUT2D eigenvalue weighted by Gasteiger charge is 2.42. The number of nitrogens with one attached hydrogen (secondary N) is 1. The van der Waals surface area contributed by atoms with Gasteiger partial charge in [-0.1, -0.05) is 36.4 Å². The molecule has 1 N–H and O–H groups in total. The Kier molecular flexibility index (Phi) is 4.91. The zero-order chi connectivity index (χ0) is 18.0. The number of carbonyl (C=O) groups excluding carboxylic acids is 1. The maximum atomic E-state index is 13.4. The first kappa shape index (κ1) is 17.6. The Morgan fingerprint density at radius 2 is 1.88 bits per heavy atom. The van der Waals surface area contributed by atoms with Crippen LogP contribution in [0.2, 0.25) is 0 Å². The van der Waals surface area contributed by atoms with Crippen LogP contribution in [0, 0.1) is 6.92 Å². The molecule has 3 rings (SSSR count). The summed E-state index contributed by atoms with van der Waals surface area (Å²) in [4.78, 5) is 17.8. The van der Waals surface area contributed by atoms with Crippen molar-refractivity contribution in [1.29, 1.82) is 0 Å². The summed E-state index contributed by atoms with van der Waals surface area (Å²) in [6, 6.07) is 8.97. The quantitative estimate of drug-likeness (QED) is 0.673. The Labute approximate surface area is 150 Å². The van der Waals surface area contributed by atoms with Crippen molar-refractivity contribution in [2.24, 2.45) is 0 Å². The molecule has 0 aliphatic rings. The number of rotatable bonds is 4. The number of aromatic nitrogens is 1. The second-order valence-corrected chi connectivity index (χ2v) is 7.22. The van der Waals surface area contributed by atoms with Crippen molar-refractivity contribution in [3.63, 3.8) is 0 Å². The van der Waals surface area contributed by atoms with Crippen LogP contribution in [0.4, 0.5) is 13.2 Å². The van der Waals surface area contributed by atoms with Crippen molar-refractivity contribution >= 4 is 28.6 Å². The standard InChI is InChI=1S/C17H13F3N2OS2/c1-10-13(25-16(21-10)12-8-5-9-24-12)15(23)22-14(17(18,19)20)11-6-3-2-4-7-11/h2-9,14H,1H3,(H,22,23). The molecule has 1 atom stereocenters. The summed E-state index contributed by atoms with van der Waals surface area (Å²) in [6.45, 7) is 1.62. The molecule has 2 heterocycles. The van der Waals surface area contributed by atoms with Crippen LogP contribution in [-0.2, 0) is 0 Å². The Morgan fingerprint density at radius 1 is 1.16 bits per heavy atom. The number of aryl methyl sites for hydroxylation is 1. The van der Waals surface area contributed by atoms with E-state index in [1.54, 1.807) is 13.0 Å². The Morgan fingerprint density at radius 3 is 2.48 bits per heavy atom. The van der Waals surface area contributed by atoms with E-state index in [0.717, 1.165) is 16.2 Å². The van der Waals surface area contributed by atoms with Crippen LogP contribution < -0.4 is 5.32 Å². The van der Waals surface area contributed by atoms with Crippen molar-refractivity contribution in [2.75, 3.05) is 0 Å². The molecule has 2 aromatic heterocycles. The molecule has 1 aromatic carbocycles. The lowest BCUT2D eigenvalue weighted by atomic mass is 10.1. The number of benzene rings is 1. The summed E-state index contributed by atoms with van der Waals surface area (Å²) in [5, 5.41) is 4.60. The number of hydrogen-bond donors (Lipinski definition) is 1. The largest absolute Gasteiger partial charge is 0.412 e. The summed E-state index contributed by atoms with van der Waals surface area (Å²) in [6.07, 6.45) is -4.59. The van der Waals surface area contributed by atoms with Crippen LogP contribution in [-0.4, -0.2) is 17.1 Å². The third-order valence-corrected chi connectivity index (χ3v) is 5.67. The Balaban J connectivity index is 1.87. The molecule has 0 fully saturated rings. The van der Waals surface area contributed by atoms with Crippen LogP contribution in [0.3, 0.4) is 0 Å². The highest BCUT2D eigenvalue weighted by atomic mass is 32.1. The van der Waals surface area contributed by atoms with Crippen molar-refractivity contribution < 1.29 is 18.0 Å². The number of hydrogen-bond acceptors (Lipinski definition) is 4. The van der Waals surface area contributed by atoms with E-state index in [2.05, 4.69) is 10.3 Å². The number of thiophene rings is 1. The third kappa shape index (κ3) is 3.91. The minimum Gasteiger partial charge on any atom is -0.336 e. The van der Waals surface area contributed by atoms with E-state index in [9.17, 15) is 18.0 Å². The second kappa shape index (κ2) is 6.97. The van der Waals surface area contributed by atoms with Crippen LogP contribution in [0.1, 0.15) is 27.0 Å². The van der Waals surface area contributed by atoms with Crippen LogP contribution in [0.25, 0.3) is 9.88 Å². The van der Waals surface area contributed by atoms with Gasteiger partial charge in [0.1, 0.15) is 9.88 Å². The van der Waals surface area contributed by atoms with Gasteiger partial charge in [0.05, 0.1) is 10.6 Å². The van der Waals surface area contributed by atoms with Gasteiger partial charge < -0.3 is 5.32 Å². The normalized spacial score (nSPS) is 12.8. The monoisotopic (exact) mass is 382 g/mol. The van der Waals surface area contributed by atoms with Gasteiger partial charge in [0.15, 0.2) is 6.04 Å².